The Kier molecular flexibility index (Phi) is 7.00. The number of likely N-dealkylation sites (tertiary alicyclic amines) is 1. The Morgan fingerprint density at radius 3 is 2.57 bits per heavy atom. The van der Waals surface area contributed by atoms with Gasteiger partial charge >= 0.3 is 0 Å². The highest BCUT2D eigenvalue weighted by molar-refractivity contribution is 6.01. The van der Waals surface area contributed by atoms with Crippen LogP contribution in [0, 0.1) is 12.7 Å². The van der Waals surface area contributed by atoms with Crippen LogP contribution in [-0.2, 0) is 9.59 Å². The fourth-order valence-corrected chi connectivity index (χ4v) is 4.31. The van der Waals surface area contributed by atoms with E-state index in [0.717, 1.165) is 23.4 Å². The number of aromatic nitrogens is 2. The number of nitrogens with zero attached hydrogens (tertiary/aromatic N) is 4. The van der Waals surface area contributed by atoms with E-state index in [1.165, 1.54) is 17.0 Å². The van der Waals surface area contributed by atoms with Crippen molar-refractivity contribution >= 4 is 17.9 Å². The summed E-state index contributed by atoms with van der Waals surface area (Å²) in [5.74, 6) is -0.163. The van der Waals surface area contributed by atoms with Crippen molar-refractivity contribution in [3.05, 3.63) is 83.2 Å². The van der Waals surface area contributed by atoms with Gasteiger partial charge in [0.25, 0.3) is 5.91 Å². The molecule has 8 heteroatoms. The minimum absolute atomic E-state index is 0.200. The normalized spacial score (nSPS) is 15.9. The van der Waals surface area contributed by atoms with E-state index in [1.807, 2.05) is 42.0 Å². The molecule has 1 atom stereocenters. The quantitative estimate of drug-likeness (QED) is 0.501. The third-order valence-corrected chi connectivity index (χ3v) is 6.09. The van der Waals surface area contributed by atoms with Crippen molar-refractivity contribution in [2.45, 2.75) is 25.8 Å². The number of aryl methyl sites for hydroxylation is 1. The molecule has 1 aliphatic rings. The first kappa shape index (κ1) is 24.2. The molecule has 0 radical (unpaired) electrons. The van der Waals surface area contributed by atoms with E-state index in [0.29, 0.717) is 29.9 Å². The molecule has 4 rings (SSSR count). The Balaban J connectivity index is 1.66. The summed E-state index contributed by atoms with van der Waals surface area (Å²) < 4.78 is 21.0. The van der Waals surface area contributed by atoms with Crippen LogP contribution in [0.25, 0.3) is 11.8 Å². The summed E-state index contributed by atoms with van der Waals surface area (Å²) in [6, 6.07) is 10.7. The summed E-state index contributed by atoms with van der Waals surface area (Å²) in [7, 11) is 4.91. The minimum Gasteiger partial charge on any atom is -0.495 e. The molecule has 1 saturated heterocycles. The molecule has 35 heavy (non-hydrogen) atoms. The van der Waals surface area contributed by atoms with Crippen LogP contribution < -0.4 is 4.74 Å². The van der Waals surface area contributed by atoms with Gasteiger partial charge in [-0.1, -0.05) is 18.2 Å². The largest absolute Gasteiger partial charge is 0.495 e. The highest BCUT2D eigenvalue weighted by atomic mass is 19.1. The van der Waals surface area contributed by atoms with Gasteiger partial charge in [-0.3, -0.25) is 9.59 Å². The molecule has 2 amide bonds. The number of carbonyl (C=O) groups excluding carboxylic acids is 2. The average molecular weight is 477 g/mol. The molecule has 0 aliphatic carbocycles. The van der Waals surface area contributed by atoms with Gasteiger partial charge in [0.1, 0.15) is 17.6 Å². The Bertz CT molecular complexity index is 1260. The summed E-state index contributed by atoms with van der Waals surface area (Å²) >= 11 is 0. The van der Waals surface area contributed by atoms with Crippen molar-refractivity contribution in [3.8, 4) is 11.4 Å². The van der Waals surface area contributed by atoms with Crippen molar-refractivity contribution in [1.82, 2.24) is 19.4 Å². The van der Waals surface area contributed by atoms with Crippen molar-refractivity contribution in [3.63, 3.8) is 0 Å². The zero-order valence-electron chi connectivity index (χ0n) is 20.4. The lowest BCUT2D eigenvalue weighted by Gasteiger charge is -2.36. The number of carbonyl (C=O) groups is 2. The maximum absolute atomic E-state index is 13.6. The van der Waals surface area contributed by atoms with Crippen LogP contribution in [0.3, 0.4) is 0 Å². The summed E-state index contributed by atoms with van der Waals surface area (Å²) in [4.78, 5) is 34.0. The molecule has 0 N–H and O–H groups in total. The van der Waals surface area contributed by atoms with Crippen LogP contribution in [-0.4, -0.2) is 58.9 Å². The monoisotopic (exact) mass is 476 g/mol. The van der Waals surface area contributed by atoms with Crippen molar-refractivity contribution in [2.75, 3.05) is 27.7 Å². The fourth-order valence-electron chi connectivity index (χ4n) is 4.31. The van der Waals surface area contributed by atoms with Crippen LogP contribution in [0.5, 0.6) is 5.75 Å². The van der Waals surface area contributed by atoms with E-state index < -0.39 is 11.9 Å². The number of methoxy groups -OCH3 is 1. The second kappa shape index (κ2) is 10.1. The van der Waals surface area contributed by atoms with E-state index in [2.05, 4.69) is 4.98 Å². The molecule has 0 bridgehead atoms. The topological polar surface area (TPSA) is 67.7 Å². The second-order valence-electron chi connectivity index (χ2n) is 8.81. The van der Waals surface area contributed by atoms with E-state index in [1.54, 1.807) is 44.6 Å². The SMILES string of the molecule is COc1cc(C=C2CCCN(C(C(=O)N(C)C)c3ccc(F)cc3)C2=O)ccc1-n1cnc(C)c1. The van der Waals surface area contributed by atoms with Gasteiger partial charge in [-0.25, -0.2) is 9.37 Å². The van der Waals surface area contributed by atoms with Crippen LogP contribution in [0.15, 0.2) is 60.6 Å². The van der Waals surface area contributed by atoms with Gasteiger partial charge in [-0.15, -0.1) is 0 Å². The number of imidazole rings is 1. The lowest BCUT2D eigenvalue weighted by Crippen LogP contribution is -2.46. The smallest absolute Gasteiger partial charge is 0.250 e. The van der Waals surface area contributed by atoms with Gasteiger partial charge in [0, 0.05) is 32.4 Å². The number of hydrogen-bond acceptors (Lipinski definition) is 4. The Labute approximate surface area is 204 Å². The third kappa shape index (κ3) is 5.11. The molecule has 1 fully saturated rings. The number of hydrogen-bond donors (Lipinski definition) is 0. The zero-order valence-corrected chi connectivity index (χ0v) is 20.4. The van der Waals surface area contributed by atoms with Crippen LogP contribution >= 0.6 is 0 Å². The highest BCUT2D eigenvalue weighted by Crippen LogP contribution is 2.31. The molecular weight excluding hydrogens is 447 g/mol. The summed E-state index contributed by atoms with van der Waals surface area (Å²) in [5.41, 5.74) is 3.77. The Morgan fingerprint density at radius 2 is 1.94 bits per heavy atom. The van der Waals surface area contributed by atoms with E-state index >= 15 is 0 Å². The number of rotatable bonds is 6. The molecular formula is C27H29FN4O3. The van der Waals surface area contributed by atoms with Gasteiger partial charge in [-0.2, -0.15) is 0 Å². The first-order valence-corrected chi connectivity index (χ1v) is 11.5. The van der Waals surface area contributed by atoms with Crippen LogP contribution in [0.4, 0.5) is 4.39 Å². The second-order valence-corrected chi connectivity index (χ2v) is 8.81. The lowest BCUT2D eigenvalue weighted by atomic mass is 9.96. The van der Waals surface area contributed by atoms with Gasteiger partial charge in [0.05, 0.1) is 24.8 Å². The molecule has 1 aromatic heterocycles. The van der Waals surface area contributed by atoms with Gasteiger partial charge in [0.15, 0.2) is 0 Å². The zero-order chi connectivity index (χ0) is 25.1. The third-order valence-electron chi connectivity index (χ3n) is 6.09. The van der Waals surface area contributed by atoms with Gasteiger partial charge in [-0.05, 0) is 61.2 Å². The standard InChI is InChI=1S/C27H29FN4O3/c1-18-16-31(17-29-18)23-12-7-19(15-24(23)35-4)14-21-6-5-13-32(26(21)33)25(27(34)30(2)3)20-8-10-22(28)11-9-20/h7-12,14-17,25H,5-6,13H2,1-4H3. The minimum atomic E-state index is -0.816. The molecule has 7 nitrogen and oxygen atoms in total. The highest BCUT2D eigenvalue weighted by Gasteiger charge is 2.35. The van der Waals surface area contributed by atoms with Crippen molar-refractivity contribution < 1.29 is 18.7 Å². The van der Waals surface area contributed by atoms with Crippen LogP contribution in [0.1, 0.15) is 35.7 Å². The van der Waals surface area contributed by atoms with Gasteiger partial charge in [0.2, 0.25) is 5.91 Å². The number of amides is 2. The number of ether oxygens (including phenoxy) is 1. The number of halogens is 1. The number of likely N-dealkylation sites (N-methyl/N-ethyl adjacent to an activating group) is 1. The summed E-state index contributed by atoms with van der Waals surface area (Å²) in [5, 5.41) is 0. The Morgan fingerprint density at radius 1 is 1.20 bits per heavy atom. The first-order chi connectivity index (χ1) is 16.8. The predicted molar refractivity (Wildman–Crippen MR) is 132 cm³/mol. The predicted octanol–water partition coefficient (Wildman–Crippen LogP) is 4.16. The Hall–Kier alpha value is -3.94. The van der Waals surface area contributed by atoms with Crippen molar-refractivity contribution in [1.29, 1.82) is 0 Å². The molecule has 1 aliphatic heterocycles. The maximum Gasteiger partial charge on any atom is 0.250 e. The molecule has 3 aromatic rings. The summed E-state index contributed by atoms with van der Waals surface area (Å²) in [6.45, 7) is 2.36. The first-order valence-electron chi connectivity index (χ1n) is 11.5. The lowest BCUT2D eigenvalue weighted by molar-refractivity contribution is -0.143. The number of piperidine rings is 1. The average Bonchev–Trinajstić information content (AvgIpc) is 3.28. The van der Waals surface area contributed by atoms with E-state index in [9.17, 15) is 14.0 Å². The van der Waals surface area contributed by atoms with Gasteiger partial charge < -0.3 is 19.1 Å². The van der Waals surface area contributed by atoms with Crippen LogP contribution in [0.2, 0.25) is 0 Å². The molecule has 2 heterocycles. The molecule has 0 saturated carbocycles. The molecule has 0 spiro atoms. The fraction of sp³-hybridized carbons (Fsp3) is 0.296. The number of benzene rings is 2. The molecule has 2 aromatic carbocycles. The van der Waals surface area contributed by atoms with E-state index in [4.69, 9.17) is 4.74 Å². The molecule has 1 unspecified atom stereocenters. The maximum atomic E-state index is 13.6. The van der Waals surface area contributed by atoms with Crippen molar-refractivity contribution in [2.24, 2.45) is 0 Å². The molecule has 182 valence electrons. The summed E-state index contributed by atoms with van der Waals surface area (Å²) in [6.07, 6.45) is 6.81. The van der Waals surface area contributed by atoms with E-state index in [-0.39, 0.29) is 11.8 Å².